The van der Waals surface area contributed by atoms with Crippen LogP contribution in [0.5, 0.6) is 0 Å². The van der Waals surface area contributed by atoms with E-state index in [2.05, 4.69) is 0 Å². The van der Waals surface area contributed by atoms with Crippen molar-refractivity contribution in [2.75, 3.05) is 19.4 Å². The van der Waals surface area contributed by atoms with Crippen LogP contribution in [0, 0.1) is 0 Å². The summed E-state index contributed by atoms with van der Waals surface area (Å²) >= 11 is 16.5. The summed E-state index contributed by atoms with van der Waals surface area (Å²) in [4.78, 5) is 0. The van der Waals surface area contributed by atoms with Gasteiger partial charge in [-0.2, -0.15) is 0 Å². The molecule has 0 N–H and O–H groups in total. The highest BCUT2D eigenvalue weighted by Gasteiger charge is 2.35. The van der Waals surface area contributed by atoms with E-state index in [1.54, 1.807) is 13.8 Å². The number of halogens is 3. The SMILES string of the molecule is CCOP(=O)(CC(Cl)(Cl)Cl)OCC. The molecule has 7 heteroatoms. The van der Waals surface area contributed by atoms with E-state index in [1.165, 1.54) is 0 Å². The van der Waals surface area contributed by atoms with Crippen molar-refractivity contribution in [2.45, 2.75) is 17.6 Å². The van der Waals surface area contributed by atoms with E-state index < -0.39 is 11.4 Å². The fraction of sp³-hybridized carbons (Fsp3) is 1.00. The van der Waals surface area contributed by atoms with E-state index in [-0.39, 0.29) is 19.4 Å². The van der Waals surface area contributed by atoms with Crippen molar-refractivity contribution < 1.29 is 13.6 Å². The van der Waals surface area contributed by atoms with Gasteiger partial charge < -0.3 is 9.05 Å². The van der Waals surface area contributed by atoms with Crippen molar-refractivity contribution >= 4 is 42.4 Å². The summed E-state index contributed by atoms with van der Waals surface area (Å²) < 4.78 is 20.0. The molecule has 0 aromatic rings. The molecule has 0 aliphatic carbocycles. The van der Waals surface area contributed by atoms with Gasteiger partial charge in [0.25, 0.3) is 0 Å². The maximum absolute atomic E-state index is 11.7. The van der Waals surface area contributed by atoms with E-state index in [0.29, 0.717) is 0 Å². The summed E-state index contributed by atoms with van der Waals surface area (Å²) in [5.74, 6) is 0. The highest BCUT2D eigenvalue weighted by atomic mass is 35.6. The Kier molecular flexibility index (Phi) is 6.25. The van der Waals surface area contributed by atoms with Crippen LogP contribution in [0.3, 0.4) is 0 Å². The Morgan fingerprint density at radius 3 is 1.77 bits per heavy atom. The first-order valence-corrected chi connectivity index (χ1v) is 6.64. The van der Waals surface area contributed by atoms with Gasteiger partial charge in [-0.25, -0.2) is 0 Å². The summed E-state index contributed by atoms with van der Waals surface area (Å²) in [5, 5.41) is 0. The highest BCUT2D eigenvalue weighted by Crippen LogP contribution is 2.53. The molecular formula is C6H12Cl3O3P. The molecule has 3 nitrogen and oxygen atoms in total. The van der Waals surface area contributed by atoms with Crippen LogP contribution in [0.15, 0.2) is 0 Å². The molecule has 0 unspecified atom stereocenters. The van der Waals surface area contributed by atoms with Gasteiger partial charge in [0.15, 0.2) is 0 Å². The van der Waals surface area contributed by atoms with Crippen molar-refractivity contribution in [2.24, 2.45) is 0 Å². The first-order valence-electron chi connectivity index (χ1n) is 3.78. The summed E-state index contributed by atoms with van der Waals surface area (Å²) in [7, 11) is -3.24. The first-order chi connectivity index (χ1) is 5.83. The molecule has 0 aliphatic heterocycles. The Balaban J connectivity index is 4.33. The molecule has 0 amide bonds. The van der Waals surface area contributed by atoms with Gasteiger partial charge in [0.2, 0.25) is 3.79 Å². The average Bonchev–Trinajstić information content (AvgIpc) is 1.82. The fourth-order valence-corrected chi connectivity index (χ4v) is 3.54. The molecule has 0 aliphatic rings. The molecule has 0 atom stereocenters. The summed E-state index contributed by atoms with van der Waals surface area (Å²) in [6, 6.07) is 0. The molecule has 0 aromatic carbocycles. The zero-order valence-electron chi connectivity index (χ0n) is 7.43. The van der Waals surface area contributed by atoms with Gasteiger partial charge in [-0.05, 0) is 13.8 Å². The van der Waals surface area contributed by atoms with Crippen LogP contribution in [0.1, 0.15) is 13.8 Å². The molecule has 0 bridgehead atoms. The van der Waals surface area contributed by atoms with Gasteiger partial charge in [0.1, 0.15) is 0 Å². The van der Waals surface area contributed by atoms with E-state index >= 15 is 0 Å². The Labute approximate surface area is 93.2 Å². The minimum absolute atomic E-state index is 0.230. The predicted octanol–water partition coefficient (Wildman–Crippen LogP) is 3.62. The van der Waals surface area contributed by atoms with Gasteiger partial charge in [-0.1, -0.05) is 34.8 Å². The summed E-state index contributed by atoms with van der Waals surface area (Å²) in [5.41, 5.74) is 0. The van der Waals surface area contributed by atoms with E-state index in [9.17, 15) is 4.57 Å². The molecule has 0 heterocycles. The standard InChI is InChI=1S/C6H12Cl3O3P/c1-3-11-13(10,12-4-2)5-6(7,8)9/h3-5H2,1-2H3. The average molecular weight is 269 g/mol. The number of alkyl halides is 3. The van der Waals surface area contributed by atoms with Gasteiger partial charge in [0, 0.05) is 0 Å². The second-order valence-corrected chi connectivity index (χ2v) is 6.79. The van der Waals surface area contributed by atoms with Crippen LogP contribution < -0.4 is 0 Å². The zero-order chi connectivity index (χ0) is 10.5. The molecule has 13 heavy (non-hydrogen) atoms. The summed E-state index contributed by atoms with van der Waals surface area (Å²) in [6.07, 6.45) is -0.230. The minimum atomic E-state index is -3.24. The molecule has 0 saturated heterocycles. The Morgan fingerprint density at radius 1 is 1.15 bits per heavy atom. The lowest BCUT2D eigenvalue weighted by Gasteiger charge is -2.20. The van der Waals surface area contributed by atoms with Crippen LogP contribution in [0.2, 0.25) is 0 Å². The molecule has 0 radical (unpaired) electrons. The predicted molar refractivity (Wildman–Crippen MR) is 56.0 cm³/mol. The Bertz CT molecular complexity index is 182. The lowest BCUT2D eigenvalue weighted by molar-refractivity contribution is 0.220. The molecular weight excluding hydrogens is 257 g/mol. The fourth-order valence-electron chi connectivity index (χ4n) is 0.742. The third kappa shape index (κ3) is 7.01. The lowest BCUT2D eigenvalue weighted by atomic mass is 10.9. The zero-order valence-corrected chi connectivity index (χ0v) is 10.6. The Morgan fingerprint density at radius 2 is 1.54 bits per heavy atom. The van der Waals surface area contributed by atoms with E-state index in [0.717, 1.165) is 0 Å². The normalized spacial score (nSPS) is 13.3. The number of hydrogen-bond donors (Lipinski definition) is 0. The highest BCUT2D eigenvalue weighted by molar-refractivity contribution is 7.54. The van der Waals surface area contributed by atoms with Crippen molar-refractivity contribution in [1.82, 2.24) is 0 Å². The van der Waals surface area contributed by atoms with Crippen LogP contribution >= 0.6 is 42.4 Å². The Hall–Kier alpha value is 1.02. The van der Waals surface area contributed by atoms with E-state index in [1.807, 2.05) is 0 Å². The van der Waals surface area contributed by atoms with Gasteiger partial charge >= 0.3 is 7.60 Å². The van der Waals surface area contributed by atoms with Gasteiger partial charge in [-0.3, -0.25) is 4.57 Å². The largest absolute Gasteiger partial charge is 0.334 e. The van der Waals surface area contributed by atoms with Crippen molar-refractivity contribution in [3.8, 4) is 0 Å². The van der Waals surface area contributed by atoms with Crippen LogP contribution in [0.4, 0.5) is 0 Å². The third-order valence-corrected chi connectivity index (χ3v) is 4.15. The molecule has 80 valence electrons. The monoisotopic (exact) mass is 268 g/mol. The molecule has 0 fully saturated rings. The van der Waals surface area contributed by atoms with Crippen LogP contribution in [-0.2, 0) is 13.6 Å². The third-order valence-electron chi connectivity index (χ3n) is 1.02. The van der Waals surface area contributed by atoms with Crippen molar-refractivity contribution in [1.29, 1.82) is 0 Å². The second-order valence-electron chi connectivity index (χ2n) is 2.22. The minimum Gasteiger partial charge on any atom is -0.309 e. The smallest absolute Gasteiger partial charge is 0.309 e. The summed E-state index contributed by atoms with van der Waals surface area (Å²) in [6.45, 7) is 3.92. The quantitative estimate of drug-likeness (QED) is 0.565. The lowest BCUT2D eigenvalue weighted by Crippen LogP contribution is -2.13. The molecule has 0 aromatic heterocycles. The molecule has 0 rings (SSSR count). The maximum atomic E-state index is 11.7. The second kappa shape index (κ2) is 5.79. The van der Waals surface area contributed by atoms with Gasteiger partial charge in [-0.15, -0.1) is 0 Å². The number of hydrogen-bond acceptors (Lipinski definition) is 3. The van der Waals surface area contributed by atoms with Crippen LogP contribution in [0.25, 0.3) is 0 Å². The maximum Gasteiger partial charge on any atom is 0.334 e. The first kappa shape index (κ1) is 14.0. The number of rotatable bonds is 5. The van der Waals surface area contributed by atoms with E-state index in [4.69, 9.17) is 43.9 Å². The van der Waals surface area contributed by atoms with Crippen molar-refractivity contribution in [3.05, 3.63) is 0 Å². The molecule has 0 saturated carbocycles. The van der Waals surface area contributed by atoms with Crippen LogP contribution in [-0.4, -0.2) is 23.2 Å². The van der Waals surface area contributed by atoms with Crippen molar-refractivity contribution in [3.63, 3.8) is 0 Å². The van der Waals surface area contributed by atoms with Gasteiger partial charge in [0.05, 0.1) is 19.4 Å². The topological polar surface area (TPSA) is 35.5 Å². The molecule has 0 spiro atoms.